The van der Waals surface area contributed by atoms with Crippen LogP contribution in [0.15, 0.2) is 24.3 Å². The summed E-state index contributed by atoms with van der Waals surface area (Å²) in [6, 6.07) is 7.78. The Morgan fingerprint density at radius 2 is 1.80 bits per heavy atom. The number of hydrogen-bond acceptors (Lipinski definition) is 2. The predicted octanol–water partition coefficient (Wildman–Crippen LogP) is 3.85. The Labute approximate surface area is 124 Å². The van der Waals surface area contributed by atoms with Gasteiger partial charge >= 0.3 is 0 Å². The lowest BCUT2D eigenvalue weighted by atomic mass is 10.0. The van der Waals surface area contributed by atoms with E-state index in [2.05, 4.69) is 5.32 Å². The molecule has 2 nitrogen and oxygen atoms in total. The van der Waals surface area contributed by atoms with Crippen molar-refractivity contribution in [2.24, 2.45) is 0 Å². The van der Waals surface area contributed by atoms with Gasteiger partial charge in [-0.3, -0.25) is 0 Å². The Morgan fingerprint density at radius 1 is 1.15 bits per heavy atom. The third kappa shape index (κ3) is 3.48. The molecular weight excluding hydrogens is 284 g/mol. The highest BCUT2D eigenvalue weighted by Crippen LogP contribution is 2.30. The summed E-state index contributed by atoms with van der Waals surface area (Å²) in [4.78, 5) is 0. The van der Waals surface area contributed by atoms with Crippen LogP contribution in [-0.4, -0.2) is 18.2 Å². The van der Waals surface area contributed by atoms with Crippen molar-refractivity contribution in [1.82, 2.24) is 5.32 Å². The highest BCUT2D eigenvalue weighted by atomic mass is 35.5. The Balaban J connectivity index is 0.00000147. The van der Waals surface area contributed by atoms with Gasteiger partial charge in [-0.25, -0.2) is 8.78 Å². The molecule has 2 unspecified atom stereocenters. The third-order valence-electron chi connectivity index (χ3n) is 4.19. The lowest BCUT2D eigenvalue weighted by Gasteiger charge is -2.29. The van der Waals surface area contributed by atoms with Crippen molar-refractivity contribution >= 4 is 12.4 Å². The quantitative estimate of drug-likeness (QED) is 0.912. The van der Waals surface area contributed by atoms with E-state index >= 15 is 0 Å². The molecule has 3 rings (SSSR count). The molecule has 0 amide bonds. The highest BCUT2D eigenvalue weighted by molar-refractivity contribution is 5.85. The summed E-state index contributed by atoms with van der Waals surface area (Å²) >= 11 is 0. The highest BCUT2D eigenvalue weighted by Gasteiger charge is 2.33. The fraction of sp³-hybridized carbons (Fsp3) is 0.600. The zero-order chi connectivity index (χ0) is 13.2. The van der Waals surface area contributed by atoms with E-state index in [4.69, 9.17) is 4.74 Å². The second-order valence-corrected chi connectivity index (χ2v) is 5.54. The number of rotatable bonds is 4. The Bertz CT molecular complexity index is 432. The average Bonchev–Trinajstić information content (AvgIpc) is 2.76. The van der Waals surface area contributed by atoms with Crippen LogP contribution >= 0.6 is 12.4 Å². The van der Waals surface area contributed by atoms with Crippen molar-refractivity contribution in [2.75, 3.05) is 0 Å². The van der Waals surface area contributed by atoms with Crippen LogP contribution in [0.1, 0.15) is 43.2 Å². The second kappa shape index (κ2) is 6.83. The number of nitrogens with one attached hydrogen (secondary N) is 1. The summed E-state index contributed by atoms with van der Waals surface area (Å²) in [5.41, 5.74) is 0.711. The third-order valence-corrected chi connectivity index (χ3v) is 4.19. The van der Waals surface area contributed by atoms with Crippen molar-refractivity contribution in [3.63, 3.8) is 0 Å². The first-order valence-corrected chi connectivity index (χ1v) is 6.96. The van der Waals surface area contributed by atoms with Crippen LogP contribution in [0.2, 0.25) is 0 Å². The fourth-order valence-corrected chi connectivity index (χ4v) is 3.23. The Kier molecular flexibility index (Phi) is 5.35. The summed E-state index contributed by atoms with van der Waals surface area (Å²) < 4.78 is 31.6. The molecule has 0 saturated carbocycles. The predicted molar refractivity (Wildman–Crippen MR) is 76.4 cm³/mol. The molecule has 2 heterocycles. The lowest BCUT2D eigenvalue weighted by Crippen LogP contribution is -2.41. The van der Waals surface area contributed by atoms with Crippen LogP contribution in [-0.2, 0) is 11.3 Å². The maximum absolute atomic E-state index is 12.9. The number of halogens is 3. The summed E-state index contributed by atoms with van der Waals surface area (Å²) in [5.74, 6) is 0. The normalized spacial score (nSPS) is 28.4. The summed E-state index contributed by atoms with van der Waals surface area (Å²) in [5, 5.41) is 3.55. The summed E-state index contributed by atoms with van der Waals surface area (Å²) in [6.07, 6.45) is 2.24. The molecular formula is C15H20ClF2NO. The van der Waals surface area contributed by atoms with Crippen LogP contribution in [0.4, 0.5) is 8.78 Å². The van der Waals surface area contributed by atoms with Gasteiger partial charge in [-0.05, 0) is 31.2 Å². The first-order chi connectivity index (χ1) is 9.22. The lowest BCUT2D eigenvalue weighted by molar-refractivity contribution is 0.00761. The molecule has 1 aromatic carbocycles. The minimum absolute atomic E-state index is 0. The van der Waals surface area contributed by atoms with Gasteiger partial charge in [0.15, 0.2) is 0 Å². The summed E-state index contributed by atoms with van der Waals surface area (Å²) in [7, 11) is 0. The Morgan fingerprint density at radius 3 is 2.45 bits per heavy atom. The smallest absolute Gasteiger partial charge is 0.264 e. The molecule has 0 radical (unpaired) electrons. The number of benzene rings is 1. The van der Waals surface area contributed by atoms with Gasteiger partial charge in [-0.2, -0.15) is 0 Å². The van der Waals surface area contributed by atoms with Gasteiger partial charge < -0.3 is 10.1 Å². The molecule has 2 aliphatic heterocycles. The molecule has 2 atom stereocenters. The van der Waals surface area contributed by atoms with Crippen LogP contribution in [0.25, 0.3) is 0 Å². The molecule has 0 aromatic heterocycles. The van der Waals surface area contributed by atoms with Gasteiger partial charge in [0.05, 0.1) is 12.7 Å². The minimum atomic E-state index is -2.43. The van der Waals surface area contributed by atoms with Crippen molar-refractivity contribution in [2.45, 2.75) is 56.9 Å². The monoisotopic (exact) mass is 303 g/mol. The topological polar surface area (TPSA) is 21.3 Å². The number of fused-ring (bicyclic) bond motifs is 2. The maximum Gasteiger partial charge on any atom is 0.264 e. The van der Waals surface area contributed by atoms with E-state index in [-0.39, 0.29) is 24.1 Å². The van der Waals surface area contributed by atoms with Crippen molar-refractivity contribution in [3.05, 3.63) is 35.4 Å². The molecule has 2 bridgehead atoms. The molecule has 112 valence electrons. The zero-order valence-electron chi connectivity index (χ0n) is 11.2. The number of hydrogen-bond donors (Lipinski definition) is 1. The fourth-order valence-electron chi connectivity index (χ4n) is 3.23. The van der Waals surface area contributed by atoms with Crippen molar-refractivity contribution < 1.29 is 13.5 Å². The summed E-state index contributed by atoms with van der Waals surface area (Å²) in [6.45, 7) is 0.296. The standard InChI is InChI=1S/C15H19F2NO.ClH/c16-15(17)14-4-2-1-3-10(14)9-19-13-7-11-5-6-12(8-13)18-11;/h1-4,11-13,15,18H,5-9H2;1H. The van der Waals surface area contributed by atoms with Crippen molar-refractivity contribution in [1.29, 1.82) is 0 Å². The second-order valence-electron chi connectivity index (χ2n) is 5.54. The van der Waals surface area contributed by atoms with Gasteiger partial charge in [-0.1, -0.05) is 24.3 Å². The maximum atomic E-state index is 12.9. The molecule has 2 aliphatic rings. The van der Waals surface area contributed by atoms with Crippen molar-refractivity contribution in [3.8, 4) is 0 Å². The van der Waals surface area contributed by atoms with E-state index in [1.54, 1.807) is 18.2 Å². The molecule has 2 fully saturated rings. The number of alkyl halides is 2. The minimum Gasteiger partial charge on any atom is -0.373 e. The Hall–Kier alpha value is -0.710. The molecule has 5 heteroatoms. The van der Waals surface area contributed by atoms with E-state index < -0.39 is 6.43 Å². The first kappa shape index (κ1) is 15.7. The largest absolute Gasteiger partial charge is 0.373 e. The molecule has 1 aromatic rings. The van der Waals surface area contributed by atoms with Crippen LogP contribution in [0.5, 0.6) is 0 Å². The van der Waals surface area contributed by atoms with Crippen LogP contribution in [0, 0.1) is 0 Å². The van der Waals surface area contributed by atoms with Gasteiger partial charge in [-0.15, -0.1) is 12.4 Å². The molecule has 20 heavy (non-hydrogen) atoms. The van der Waals surface area contributed by atoms with Gasteiger partial charge in [0.25, 0.3) is 6.43 Å². The molecule has 2 saturated heterocycles. The zero-order valence-corrected chi connectivity index (χ0v) is 12.0. The first-order valence-electron chi connectivity index (χ1n) is 6.96. The SMILES string of the molecule is Cl.FC(F)c1ccccc1COC1CC2CCC(C1)N2. The van der Waals surface area contributed by atoms with Gasteiger partial charge in [0.1, 0.15) is 0 Å². The van der Waals surface area contributed by atoms with Gasteiger partial charge in [0.2, 0.25) is 0 Å². The molecule has 1 N–H and O–H groups in total. The number of ether oxygens (including phenoxy) is 1. The average molecular weight is 304 g/mol. The number of piperidine rings is 1. The molecule has 0 aliphatic carbocycles. The van der Waals surface area contributed by atoms with E-state index in [1.807, 2.05) is 0 Å². The van der Waals surface area contributed by atoms with Gasteiger partial charge in [0, 0.05) is 17.6 Å². The van der Waals surface area contributed by atoms with E-state index in [9.17, 15) is 8.78 Å². The van der Waals surface area contributed by atoms with E-state index in [0.717, 1.165) is 12.8 Å². The van der Waals surface area contributed by atoms with Crippen LogP contribution in [0.3, 0.4) is 0 Å². The van der Waals surface area contributed by atoms with Crippen LogP contribution < -0.4 is 5.32 Å². The van der Waals surface area contributed by atoms with E-state index in [0.29, 0.717) is 24.3 Å². The molecule has 0 spiro atoms. The van der Waals surface area contributed by atoms with E-state index in [1.165, 1.54) is 18.9 Å².